The van der Waals surface area contributed by atoms with Crippen LogP contribution in [0.15, 0.2) is 66.1 Å². The quantitative estimate of drug-likeness (QED) is 0.347. The number of thioether (sulfide) groups is 1. The fourth-order valence-corrected chi connectivity index (χ4v) is 3.94. The van der Waals surface area contributed by atoms with E-state index in [0.29, 0.717) is 38.0 Å². The van der Waals surface area contributed by atoms with E-state index in [2.05, 4.69) is 20.5 Å². The number of rotatable bonds is 6. The van der Waals surface area contributed by atoms with E-state index in [0.717, 1.165) is 5.56 Å². The summed E-state index contributed by atoms with van der Waals surface area (Å²) < 4.78 is 15.5. The lowest BCUT2D eigenvalue weighted by molar-refractivity contribution is -0.113. The molecule has 0 saturated carbocycles. The van der Waals surface area contributed by atoms with Gasteiger partial charge in [0.05, 0.1) is 21.5 Å². The van der Waals surface area contributed by atoms with E-state index >= 15 is 0 Å². The number of pyridine rings is 1. The maximum absolute atomic E-state index is 13.7. The first-order valence-corrected chi connectivity index (χ1v) is 11.2. The molecule has 0 aliphatic heterocycles. The van der Waals surface area contributed by atoms with Gasteiger partial charge in [0.15, 0.2) is 11.0 Å². The molecule has 0 radical (unpaired) electrons. The Morgan fingerprint density at radius 3 is 2.69 bits per heavy atom. The zero-order valence-corrected chi connectivity index (χ0v) is 19.0. The molecular formula is C22H16Cl2FN5OS. The number of hydrogen-bond donors (Lipinski definition) is 1. The van der Waals surface area contributed by atoms with Crippen molar-refractivity contribution >= 4 is 46.6 Å². The summed E-state index contributed by atoms with van der Waals surface area (Å²) in [6, 6.07) is 13.4. The lowest BCUT2D eigenvalue weighted by atomic mass is 10.2. The molecule has 2 aromatic carbocycles. The molecule has 162 valence electrons. The number of nitrogens with zero attached hydrogens (tertiary/aromatic N) is 4. The first kappa shape index (κ1) is 22.3. The fourth-order valence-electron chi connectivity index (χ4n) is 2.90. The Hall–Kier alpha value is -2.94. The standard InChI is InChI=1S/C22H16Cl2FN5OS/c1-13-4-5-15(9-19(13)25)27-20(31)12-32-22-29-28-21(14-3-2-8-26-11-14)30(22)16-6-7-17(23)18(24)10-16/h2-11H,12H2,1H3,(H,27,31). The molecule has 2 aromatic heterocycles. The van der Waals surface area contributed by atoms with Gasteiger partial charge in [0.2, 0.25) is 5.91 Å². The second-order valence-corrected chi connectivity index (χ2v) is 8.54. The summed E-state index contributed by atoms with van der Waals surface area (Å²) in [5.41, 5.74) is 2.33. The molecule has 0 unspecified atom stereocenters. The van der Waals surface area contributed by atoms with Crippen molar-refractivity contribution in [3.05, 3.63) is 82.4 Å². The van der Waals surface area contributed by atoms with E-state index in [-0.39, 0.29) is 17.5 Å². The molecule has 0 saturated heterocycles. The SMILES string of the molecule is Cc1ccc(NC(=O)CSc2nnc(-c3cccnc3)n2-c2ccc(Cl)c(Cl)c2)cc1F. The topological polar surface area (TPSA) is 72.7 Å². The van der Waals surface area contributed by atoms with Crippen molar-refractivity contribution in [2.45, 2.75) is 12.1 Å². The minimum Gasteiger partial charge on any atom is -0.325 e. The number of hydrogen-bond acceptors (Lipinski definition) is 5. The highest BCUT2D eigenvalue weighted by molar-refractivity contribution is 7.99. The van der Waals surface area contributed by atoms with E-state index in [1.807, 2.05) is 6.07 Å². The van der Waals surface area contributed by atoms with Crippen LogP contribution in [-0.2, 0) is 4.79 Å². The van der Waals surface area contributed by atoms with Crippen LogP contribution in [-0.4, -0.2) is 31.4 Å². The van der Waals surface area contributed by atoms with Crippen molar-refractivity contribution in [3.63, 3.8) is 0 Å². The molecule has 0 aliphatic rings. The first-order valence-electron chi connectivity index (χ1n) is 9.42. The Balaban J connectivity index is 1.60. The summed E-state index contributed by atoms with van der Waals surface area (Å²) in [4.78, 5) is 16.6. The molecule has 4 aromatic rings. The predicted molar refractivity (Wildman–Crippen MR) is 125 cm³/mol. The smallest absolute Gasteiger partial charge is 0.234 e. The van der Waals surface area contributed by atoms with Crippen molar-refractivity contribution in [2.24, 2.45) is 0 Å². The van der Waals surface area contributed by atoms with Crippen molar-refractivity contribution in [1.82, 2.24) is 19.7 Å². The highest BCUT2D eigenvalue weighted by Crippen LogP contribution is 2.31. The number of carbonyl (C=O) groups excluding carboxylic acids is 1. The average molecular weight is 488 g/mol. The molecule has 0 fully saturated rings. The largest absolute Gasteiger partial charge is 0.325 e. The van der Waals surface area contributed by atoms with Crippen LogP contribution in [0.25, 0.3) is 17.1 Å². The lowest BCUT2D eigenvalue weighted by Crippen LogP contribution is -2.14. The summed E-state index contributed by atoms with van der Waals surface area (Å²) in [7, 11) is 0. The number of aromatic nitrogens is 4. The predicted octanol–water partition coefficient (Wildman–Crippen LogP) is 5.81. The Labute approximate surface area is 197 Å². The van der Waals surface area contributed by atoms with E-state index < -0.39 is 0 Å². The van der Waals surface area contributed by atoms with Gasteiger partial charge in [-0.05, 0) is 55.0 Å². The van der Waals surface area contributed by atoms with Gasteiger partial charge in [0, 0.05) is 23.6 Å². The van der Waals surface area contributed by atoms with E-state index in [1.54, 1.807) is 60.3 Å². The zero-order chi connectivity index (χ0) is 22.7. The van der Waals surface area contributed by atoms with Crippen LogP contribution in [0.2, 0.25) is 10.0 Å². The molecule has 0 atom stereocenters. The second kappa shape index (κ2) is 9.68. The van der Waals surface area contributed by atoms with Crippen LogP contribution in [0, 0.1) is 12.7 Å². The average Bonchev–Trinajstić information content (AvgIpc) is 3.21. The summed E-state index contributed by atoms with van der Waals surface area (Å²) >= 11 is 13.5. The molecule has 32 heavy (non-hydrogen) atoms. The number of nitrogens with one attached hydrogen (secondary N) is 1. The van der Waals surface area contributed by atoms with Gasteiger partial charge in [-0.15, -0.1) is 10.2 Å². The van der Waals surface area contributed by atoms with Crippen molar-refractivity contribution < 1.29 is 9.18 Å². The van der Waals surface area contributed by atoms with Gasteiger partial charge in [-0.25, -0.2) is 4.39 Å². The molecule has 0 aliphatic carbocycles. The molecular weight excluding hydrogens is 472 g/mol. The summed E-state index contributed by atoms with van der Waals surface area (Å²) in [5, 5.41) is 12.5. The molecule has 10 heteroatoms. The van der Waals surface area contributed by atoms with E-state index in [4.69, 9.17) is 23.2 Å². The van der Waals surface area contributed by atoms with Gasteiger partial charge < -0.3 is 5.32 Å². The maximum atomic E-state index is 13.7. The normalized spacial score (nSPS) is 10.9. The monoisotopic (exact) mass is 487 g/mol. The molecule has 1 N–H and O–H groups in total. The molecule has 4 rings (SSSR count). The Morgan fingerprint density at radius 1 is 1.12 bits per heavy atom. The summed E-state index contributed by atoms with van der Waals surface area (Å²) in [6.07, 6.45) is 3.34. The number of halogens is 3. The van der Waals surface area contributed by atoms with Crippen LogP contribution < -0.4 is 5.32 Å². The van der Waals surface area contributed by atoms with Crippen molar-refractivity contribution in [3.8, 4) is 17.1 Å². The summed E-state index contributed by atoms with van der Waals surface area (Å²) in [6.45, 7) is 1.66. The number of anilines is 1. The molecule has 1 amide bonds. The second-order valence-electron chi connectivity index (χ2n) is 6.78. The van der Waals surface area contributed by atoms with Crippen molar-refractivity contribution in [1.29, 1.82) is 0 Å². The fraction of sp³-hybridized carbons (Fsp3) is 0.0909. The van der Waals surface area contributed by atoms with Gasteiger partial charge in [-0.1, -0.05) is 41.0 Å². The Bertz CT molecular complexity index is 1280. The molecule has 0 spiro atoms. The van der Waals surface area contributed by atoms with Crippen LogP contribution in [0.5, 0.6) is 0 Å². The van der Waals surface area contributed by atoms with Crippen LogP contribution >= 0.6 is 35.0 Å². The first-order chi connectivity index (χ1) is 15.4. The number of carbonyl (C=O) groups is 1. The summed E-state index contributed by atoms with van der Waals surface area (Å²) in [5.74, 6) is -0.0945. The van der Waals surface area contributed by atoms with Gasteiger partial charge in [0.1, 0.15) is 5.82 Å². The van der Waals surface area contributed by atoms with Crippen LogP contribution in [0.3, 0.4) is 0 Å². The third-order valence-electron chi connectivity index (χ3n) is 4.50. The van der Waals surface area contributed by atoms with Gasteiger partial charge in [0.25, 0.3) is 0 Å². The third-order valence-corrected chi connectivity index (χ3v) is 6.17. The van der Waals surface area contributed by atoms with Crippen LogP contribution in [0.4, 0.5) is 10.1 Å². The number of aryl methyl sites for hydroxylation is 1. The van der Waals surface area contributed by atoms with E-state index in [1.165, 1.54) is 17.8 Å². The highest BCUT2D eigenvalue weighted by atomic mass is 35.5. The minimum atomic E-state index is -0.379. The maximum Gasteiger partial charge on any atom is 0.234 e. The van der Waals surface area contributed by atoms with Gasteiger partial charge in [-0.2, -0.15) is 0 Å². The number of benzene rings is 2. The van der Waals surface area contributed by atoms with Crippen molar-refractivity contribution in [2.75, 3.05) is 11.1 Å². The third kappa shape index (κ3) is 4.93. The number of amides is 1. The molecule has 2 heterocycles. The lowest BCUT2D eigenvalue weighted by Gasteiger charge is -2.11. The zero-order valence-electron chi connectivity index (χ0n) is 16.7. The van der Waals surface area contributed by atoms with Crippen LogP contribution in [0.1, 0.15) is 5.56 Å². The van der Waals surface area contributed by atoms with E-state index in [9.17, 15) is 9.18 Å². The minimum absolute atomic E-state index is 0.0436. The Kier molecular flexibility index (Phi) is 6.74. The molecule has 0 bridgehead atoms. The van der Waals surface area contributed by atoms with Gasteiger partial charge in [-0.3, -0.25) is 14.3 Å². The molecule has 6 nitrogen and oxygen atoms in total. The Morgan fingerprint density at radius 2 is 1.97 bits per heavy atom. The highest BCUT2D eigenvalue weighted by Gasteiger charge is 2.18. The van der Waals surface area contributed by atoms with Gasteiger partial charge >= 0.3 is 0 Å².